The summed E-state index contributed by atoms with van der Waals surface area (Å²) in [7, 11) is -6.00. The fourth-order valence-electron chi connectivity index (χ4n) is 8.80. The Hall–Kier alpha value is -3.86. The molecule has 326 valence electrons. The Morgan fingerprint density at radius 1 is 0.550 bits per heavy atom. The average Bonchev–Trinajstić information content (AvgIpc) is 3.19. The molecule has 0 heterocycles. The zero-order chi connectivity index (χ0) is 43.8. The van der Waals surface area contributed by atoms with E-state index in [1.165, 1.54) is 22.3 Å². The van der Waals surface area contributed by atoms with E-state index < -0.39 is 7.25 Å². The van der Waals surface area contributed by atoms with Crippen LogP contribution < -0.4 is 0 Å². The van der Waals surface area contributed by atoms with Crippen LogP contribution in [0, 0.1) is 0 Å². The zero-order valence-electron chi connectivity index (χ0n) is 37.3. The van der Waals surface area contributed by atoms with E-state index in [4.69, 9.17) is 9.98 Å². The summed E-state index contributed by atoms with van der Waals surface area (Å²) in [6.45, 7) is 22.3. The van der Waals surface area contributed by atoms with Crippen LogP contribution >= 0.6 is 0 Å². The van der Waals surface area contributed by atoms with E-state index >= 15 is 0 Å². The monoisotopic (exact) mass is 865 g/mol. The Balaban J connectivity index is 0.00000151. The summed E-state index contributed by atoms with van der Waals surface area (Å²) in [6, 6.07) is 30.0. The molecule has 0 radical (unpaired) electrons. The number of hydrogen-bond acceptors (Lipinski definition) is 4. The molecule has 0 spiro atoms. The van der Waals surface area contributed by atoms with Crippen molar-refractivity contribution < 1.29 is 44.8 Å². The van der Waals surface area contributed by atoms with Crippen molar-refractivity contribution in [1.29, 1.82) is 0 Å². The maximum atomic E-state index is 12.1. The molecule has 4 aromatic carbocycles. The number of nitrogens with zero attached hydrogens (tertiary/aromatic N) is 2. The van der Waals surface area contributed by atoms with Crippen LogP contribution in [0.5, 0.6) is 11.5 Å². The van der Waals surface area contributed by atoms with Crippen LogP contribution in [0.3, 0.4) is 0 Å². The van der Waals surface area contributed by atoms with E-state index in [1.807, 2.05) is 12.4 Å². The Morgan fingerprint density at radius 2 is 0.850 bits per heavy atom. The van der Waals surface area contributed by atoms with E-state index in [0.717, 1.165) is 73.6 Å². The summed E-state index contributed by atoms with van der Waals surface area (Å²) in [4.78, 5) is 10.4. The minimum Gasteiger partial charge on any atom is -0.507 e. The predicted molar refractivity (Wildman–Crippen MR) is 241 cm³/mol. The van der Waals surface area contributed by atoms with Crippen molar-refractivity contribution in [1.82, 2.24) is 0 Å². The van der Waals surface area contributed by atoms with Gasteiger partial charge in [-0.15, -0.1) is 0 Å². The molecule has 0 aliphatic heterocycles. The summed E-state index contributed by atoms with van der Waals surface area (Å²) >= 11 is 0. The van der Waals surface area contributed by atoms with Gasteiger partial charge in [0.1, 0.15) is 11.5 Å². The third kappa shape index (κ3) is 11.9. The normalized spacial score (nSPS) is 16.7. The Morgan fingerprint density at radius 3 is 1.12 bits per heavy atom. The second kappa shape index (κ2) is 20.8. The van der Waals surface area contributed by atoms with Crippen LogP contribution in [-0.4, -0.2) is 42.0 Å². The average molecular weight is 866 g/mol. The number of phenols is 2. The SMILES string of the molecule is CCC(CC)(c1ccccc1)c1cc(C(C)(C)C)cc(C=N[C@@H]2CCCC[C@H]2N=Cc2cc(C(C)(C)C)cc(C(CC)(CC)c3ccccc3)c2O)c1O.F[B-](F)(F)F.[Cr]. The third-order valence-corrected chi connectivity index (χ3v) is 12.6. The van der Waals surface area contributed by atoms with E-state index in [-0.39, 0.29) is 51.1 Å². The van der Waals surface area contributed by atoms with Gasteiger partial charge in [-0.1, -0.05) is 155 Å². The number of halogens is 4. The smallest absolute Gasteiger partial charge is 0.507 e. The van der Waals surface area contributed by atoms with Gasteiger partial charge in [-0.25, -0.2) is 0 Å². The molecule has 60 heavy (non-hydrogen) atoms. The standard InChI is InChI=1S/C50H66N2O2.BF4.Cr/c1-11-49(12-2,37-23-17-15-18-24-37)41-31-39(47(5,6)7)29-35(45(41)53)33-51-43-27-21-22-28-44(43)52-34-36-30-40(48(8,9)10)32-42(46(36)54)50(13-3,14-4)38-25-19-16-20-26-38;2-1(3,4)5;/h15-20,23-26,29-34,43-44,53-54H,11-14,21-22,27-28H2,1-10H3;;/q;-1;/t43-,44-;;/m1../s1. The van der Waals surface area contributed by atoms with Gasteiger partial charge in [0.05, 0.1) is 12.1 Å². The molecule has 0 saturated heterocycles. The van der Waals surface area contributed by atoms with Crippen molar-refractivity contribution in [3.8, 4) is 11.5 Å². The largest absolute Gasteiger partial charge is 0.673 e. The van der Waals surface area contributed by atoms with Crippen LogP contribution in [0.25, 0.3) is 0 Å². The van der Waals surface area contributed by atoms with Crippen LogP contribution in [-0.2, 0) is 39.0 Å². The minimum absolute atomic E-state index is 0. The van der Waals surface area contributed by atoms with Gasteiger partial charge < -0.3 is 27.5 Å². The van der Waals surface area contributed by atoms with Crippen molar-refractivity contribution in [2.75, 3.05) is 0 Å². The number of aromatic hydroxyl groups is 2. The molecule has 4 nitrogen and oxygen atoms in total. The summed E-state index contributed by atoms with van der Waals surface area (Å²) in [6.07, 6.45) is 11.4. The first-order chi connectivity index (χ1) is 27.6. The van der Waals surface area contributed by atoms with E-state index in [2.05, 4.69) is 154 Å². The fraction of sp³-hybridized carbons (Fsp3) is 0.480. The number of rotatable bonds is 12. The molecular formula is C50H66BCrF4N2O2-. The minimum atomic E-state index is -6.00. The predicted octanol–water partition coefficient (Wildman–Crippen LogP) is 14.1. The quantitative estimate of drug-likeness (QED) is 0.0846. The molecule has 4 aromatic rings. The number of benzene rings is 4. The van der Waals surface area contributed by atoms with Crippen molar-refractivity contribution in [3.05, 3.63) is 129 Å². The van der Waals surface area contributed by atoms with Gasteiger partial charge in [-0.2, -0.15) is 0 Å². The van der Waals surface area contributed by atoms with Gasteiger partial charge in [0.2, 0.25) is 0 Å². The zero-order valence-corrected chi connectivity index (χ0v) is 38.6. The molecule has 1 aliphatic carbocycles. The molecule has 2 atom stereocenters. The molecule has 0 unspecified atom stereocenters. The molecule has 5 rings (SSSR count). The molecular weight excluding hydrogens is 799 g/mol. The Bertz CT molecular complexity index is 1880. The van der Waals surface area contributed by atoms with Crippen LogP contribution in [0.2, 0.25) is 0 Å². The van der Waals surface area contributed by atoms with Crippen molar-refractivity contribution in [3.63, 3.8) is 0 Å². The first kappa shape index (κ1) is 50.5. The van der Waals surface area contributed by atoms with Crippen molar-refractivity contribution in [2.45, 2.75) is 154 Å². The van der Waals surface area contributed by atoms with Crippen molar-refractivity contribution in [2.24, 2.45) is 9.98 Å². The second-order valence-corrected chi connectivity index (χ2v) is 18.2. The number of phenolic OH excluding ortho intramolecular Hbond substituents is 2. The van der Waals surface area contributed by atoms with Crippen molar-refractivity contribution >= 4 is 19.7 Å². The molecule has 1 saturated carbocycles. The molecule has 0 bridgehead atoms. The molecule has 10 heteroatoms. The van der Waals surface area contributed by atoms with Crippen LogP contribution in [0.1, 0.15) is 165 Å². The van der Waals surface area contributed by atoms with Crippen LogP contribution in [0.4, 0.5) is 17.3 Å². The third-order valence-electron chi connectivity index (χ3n) is 12.6. The Labute approximate surface area is 368 Å². The number of aliphatic imine (C=N–C) groups is 2. The molecule has 0 amide bonds. The molecule has 0 aromatic heterocycles. The summed E-state index contributed by atoms with van der Waals surface area (Å²) in [5.41, 5.74) is 7.46. The van der Waals surface area contributed by atoms with Gasteiger partial charge in [0.25, 0.3) is 0 Å². The first-order valence-electron chi connectivity index (χ1n) is 21.5. The summed E-state index contributed by atoms with van der Waals surface area (Å²) in [5, 5.41) is 24.1. The summed E-state index contributed by atoms with van der Waals surface area (Å²) in [5.74, 6) is 0.640. The van der Waals surface area contributed by atoms with Gasteiger partial charge in [-0.05, 0) is 83.7 Å². The topological polar surface area (TPSA) is 65.2 Å². The second-order valence-electron chi connectivity index (χ2n) is 18.2. The van der Waals surface area contributed by atoms with E-state index in [9.17, 15) is 27.5 Å². The van der Waals surface area contributed by atoms with E-state index in [0.29, 0.717) is 11.5 Å². The summed E-state index contributed by atoms with van der Waals surface area (Å²) < 4.78 is 39.0. The maximum absolute atomic E-state index is 12.1. The molecule has 1 fully saturated rings. The molecule has 1 aliphatic rings. The number of hydrogen-bond donors (Lipinski definition) is 2. The first-order valence-corrected chi connectivity index (χ1v) is 21.5. The molecule has 2 N–H and O–H groups in total. The van der Waals surface area contributed by atoms with Crippen LogP contribution in [0.15, 0.2) is 94.9 Å². The van der Waals surface area contributed by atoms with E-state index in [1.54, 1.807) is 0 Å². The van der Waals surface area contributed by atoms with Gasteiger partial charge in [0.15, 0.2) is 0 Å². The Kier molecular flexibility index (Phi) is 17.5. The fourth-order valence-corrected chi connectivity index (χ4v) is 8.80. The maximum Gasteiger partial charge on any atom is 0.673 e. The van der Waals surface area contributed by atoms with Gasteiger partial charge >= 0.3 is 7.25 Å². The van der Waals surface area contributed by atoms with Gasteiger partial charge in [-0.3, -0.25) is 9.98 Å². The van der Waals surface area contributed by atoms with Gasteiger partial charge in [0, 0.05) is 62.9 Å².